The van der Waals surface area contributed by atoms with E-state index in [4.69, 9.17) is 5.73 Å². The number of hydrogen-bond acceptors (Lipinski definition) is 10. The normalized spacial score (nSPS) is 13.7. The minimum atomic E-state index is -5.02. The molecule has 5 amide bonds. The number of hydrogen-bond donors (Lipinski definition) is 6. The number of amides is 5. The predicted molar refractivity (Wildman–Crippen MR) is 156 cm³/mol. The minimum absolute atomic E-state index is 0.0171. The van der Waals surface area contributed by atoms with Crippen LogP contribution in [-0.4, -0.2) is 92.5 Å². The molecule has 0 saturated carbocycles. The number of alkyl halides is 3. The number of unbranched alkanes of at least 4 members (excludes halogenated alkanes) is 1. The molecule has 0 aliphatic carbocycles. The Balaban J connectivity index is 0.00000160. The zero-order chi connectivity index (χ0) is 36.5. The van der Waals surface area contributed by atoms with E-state index < -0.39 is 76.0 Å². The van der Waals surface area contributed by atoms with E-state index in [9.17, 15) is 54.9 Å². The summed E-state index contributed by atoms with van der Waals surface area (Å²) < 4.78 is 72.4. The molecule has 0 saturated heterocycles. The third-order valence-electron chi connectivity index (χ3n) is 6.21. The van der Waals surface area contributed by atoms with E-state index >= 15 is 0 Å². The summed E-state index contributed by atoms with van der Waals surface area (Å²) in [6.45, 7) is 4.22. The van der Waals surface area contributed by atoms with Crippen molar-refractivity contribution in [2.24, 2.45) is 5.73 Å². The Labute approximate surface area is 269 Å². The van der Waals surface area contributed by atoms with Crippen molar-refractivity contribution in [3.05, 3.63) is 29.8 Å². The summed E-state index contributed by atoms with van der Waals surface area (Å²) in [5.74, 6) is -5.60. The molecule has 0 unspecified atom stereocenters. The maximum atomic E-state index is 12.7. The number of quaternary nitrogens is 1. The van der Waals surface area contributed by atoms with Crippen LogP contribution in [0.1, 0.15) is 51.5 Å². The van der Waals surface area contributed by atoms with Gasteiger partial charge in [0.2, 0.25) is 17.7 Å². The smallest absolute Gasteiger partial charge is 0.471 e. The molecule has 0 aliphatic heterocycles. The summed E-state index contributed by atoms with van der Waals surface area (Å²) in [7, 11) is -3.13. The zero-order valence-electron chi connectivity index (χ0n) is 26.3. The van der Waals surface area contributed by atoms with E-state index in [1.807, 2.05) is 6.92 Å². The Morgan fingerprint density at radius 3 is 1.98 bits per heavy atom. The van der Waals surface area contributed by atoms with Crippen molar-refractivity contribution in [2.75, 3.05) is 13.7 Å². The van der Waals surface area contributed by atoms with Crippen LogP contribution in [0.3, 0.4) is 0 Å². The number of methoxy groups -OCH3 is 1. The van der Waals surface area contributed by atoms with Gasteiger partial charge in [0.25, 0.3) is 5.91 Å². The van der Waals surface area contributed by atoms with Crippen molar-refractivity contribution in [2.45, 2.75) is 88.1 Å². The first-order chi connectivity index (χ1) is 21.6. The number of nitrogens with one attached hydrogen (secondary N) is 4. The summed E-state index contributed by atoms with van der Waals surface area (Å²) in [6, 6.07) is 1.67. The van der Waals surface area contributed by atoms with E-state index in [2.05, 4.69) is 26.4 Å². The van der Waals surface area contributed by atoms with Crippen molar-refractivity contribution in [3.63, 3.8) is 0 Å². The number of rotatable bonds is 16. The first-order valence-corrected chi connectivity index (χ1v) is 15.5. The van der Waals surface area contributed by atoms with Gasteiger partial charge < -0.3 is 42.0 Å². The second-order valence-electron chi connectivity index (χ2n) is 10.3. The molecule has 9 N–H and O–H groups in total. The van der Waals surface area contributed by atoms with Gasteiger partial charge in [-0.25, -0.2) is 13.2 Å². The van der Waals surface area contributed by atoms with Crippen LogP contribution in [0.25, 0.3) is 0 Å². The highest BCUT2D eigenvalue weighted by Crippen LogP contribution is 2.14. The van der Waals surface area contributed by atoms with Crippen LogP contribution in [0.2, 0.25) is 0 Å². The van der Waals surface area contributed by atoms with Gasteiger partial charge in [-0.15, -0.1) is 0 Å². The van der Waals surface area contributed by atoms with Gasteiger partial charge in [0.1, 0.15) is 28.2 Å². The minimum Gasteiger partial charge on any atom is -0.744 e. The fourth-order valence-corrected chi connectivity index (χ4v) is 3.89. The van der Waals surface area contributed by atoms with Crippen LogP contribution in [0.5, 0.6) is 0 Å². The average molecular weight is 699 g/mol. The lowest BCUT2D eigenvalue weighted by Crippen LogP contribution is -2.66. The van der Waals surface area contributed by atoms with Crippen LogP contribution >= 0.6 is 0 Å². The Kier molecular flexibility index (Phi) is 18.2. The number of carbonyl (C=O) groups excluding carboxylic acids is 6. The van der Waals surface area contributed by atoms with Gasteiger partial charge in [-0.2, -0.15) is 13.2 Å². The second kappa shape index (κ2) is 20.0. The van der Waals surface area contributed by atoms with Gasteiger partial charge >= 0.3 is 18.1 Å². The lowest BCUT2D eigenvalue weighted by molar-refractivity contribution is -0.404. The highest BCUT2D eigenvalue weighted by molar-refractivity contribution is 7.85. The quantitative estimate of drug-likeness (QED) is 0.0645. The Bertz CT molecular complexity index is 1340. The van der Waals surface area contributed by atoms with Gasteiger partial charge in [0.15, 0.2) is 6.04 Å². The molecule has 0 fully saturated rings. The van der Waals surface area contributed by atoms with Gasteiger partial charge in [-0.1, -0.05) is 17.7 Å². The van der Waals surface area contributed by atoms with Crippen molar-refractivity contribution in [3.8, 4) is 0 Å². The Morgan fingerprint density at radius 2 is 1.49 bits per heavy atom. The van der Waals surface area contributed by atoms with Crippen molar-refractivity contribution in [1.29, 1.82) is 0 Å². The molecule has 1 aromatic carbocycles. The van der Waals surface area contributed by atoms with E-state index in [-0.39, 0.29) is 43.5 Å². The molecule has 47 heavy (non-hydrogen) atoms. The maximum absolute atomic E-state index is 12.7. The third kappa shape index (κ3) is 17.8. The standard InChI is InChI=1S/C20H33F3N6O7.C7H8O3S/c1-10(16(32)28-11(2)18(34)36-3)27-17(33)13(29-14(30)8-7-12(24)15(25)31)6-4-5-9-26-19(35)20(21,22)23;1-6-2-4-7(5-3-6)11(8,9)10/h10-13H,4-9,24H2,1-3H3,(H2,25,31)(H,26,35)(H,27,33)(H,28,32)(H,29,30);2-5H,1H3,(H,8,9,10)/t10-,11-,12-,13+;/m1./s1. The van der Waals surface area contributed by atoms with Gasteiger partial charge in [-0.05, 0) is 52.2 Å². The first kappa shape index (κ1) is 42.7. The molecule has 0 aromatic heterocycles. The highest BCUT2D eigenvalue weighted by Gasteiger charge is 2.38. The number of ether oxygens (including phenoxy) is 1. The highest BCUT2D eigenvalue weighted by atomic mass is 32.2. The van der Waals surface area contributed by atoms with E-state index in [0.29, 0.717) is 0 Å². The summed E-state index contributed by atoms with van der Waals surface area (Å²) in [5.41, 5.74) is 9.52. The summed E-state index contributed by atoms with van der Waals surface area (Å²) in [6.07, 6.45) is -5.02. The second-order valence-corrected chi connectivity index (χ2v) is 11.6. The van der Waals surface area contributed by atoms with Crippen molar-refractivity contribution >= 4 is 45.6 Å². The summed E-state index contributed by atoms with van der Waals surface area (Å²) >= 11 is 0. The number of benzene rings is 1. The molecule has 0 heterocycles. The van der Waals surface area contributed by atoms with Crippen molar-refractivity contribution < 1.29 is 65.4 Å². The van der Waals surface area contributed by atoms with E-state index in [0.717, 1.165) is 12.7 Å². The first-order valence-electron chi connectivity index (χ1n) is 14.1. The van der Waals surface area contributed by atoms with E-state index in [1.54, 1.807) is 17.4 Å². The molecular weight excluding hydrogens is 657 g/mol. The molecule has 4 atom stereocenters. The van der Waals surface area contributed by atoms with Crippen LogP contribution in [0.4, 0.5) is 13.2 Å². The summed E-state index contributed by atoms with van der Waals surface area (Å²) in [5, 5.41) is 8.87. The molecule has 1 rings (SSSR count). The molecule has 0 aliphatic rings. The van der Waals surface area contributed by atoms with E-state index in [1.165, 1.54) is 26.0 Å². The number of nitrogens with two attached hydrogens (primary N) is 1. The number of primary amides is 1. The van der Waals surface area contributed by atoms with Crippen molar-refractivity contribution in [1.82, 2.24) is 21.3 Å². The molecule has 20 heteroatoms. The predicted octanol–water partition coefficient (Wildman–Crippen LogP) is -1.72. The van der Waals surface area contributed by atoms with Crippen LogP contribution < -0.4 is 32.7 Å². The zero-order valence-corrected chi connectivity index (χ0v) is 27.1. The van der Waals surface area contributed by atoms with Gasteiger partial charge in [-0.3, -0.25) is 24.0 Å². The Morgan fingerprint density at radius 1 is 0.936 bits per heavy atom. The van der Waals surface area contributed by atoms with Crippen LogP contribution in [-0.2, 0) is 43.6 Å². The van der Waals surface area contributed by atoms with Crippen LogP contribution in [0, 0.1) is 6.92 Å². The lowest BCUT2D eigenvalue weighted by Gasteiger charge is -2.22. The molecule has 0 radical (unpaired) electrons. The molecule has 16 nitrogen and oxygen atoms in total. The average Bonchev–Trinajstić information content (AvgIpc) is 2.97. The van der Waals surface area contributed by atoms with Gasteiger partial charge in [0, 0.05) is 19.4 Å². The number of aryl methyl sites for hydroxylation is 1. The largest absolute Gasteiger partial charge is 0.744 e. The molecule has 0 spiro atoms. The molecular formula is C27H41F3N6O10S. The fourth-order valence-electron chi connectivity index (χ4n) is 3.42. The van der Waals surface area contributed by atoms with Gasteiger partial charge in [0.05, 0.1) is 12.0 Å². The molecule has 0 bridgehead atoms. The molecule has 266 valence electrons. The summed E-state index contributed by atoms with van der Waals surface area (Å²) in [4.78, 5) is 70.4. The number of carbonyl (C=O) groups is 6. The third-order valence-corrected chi connectivity index (χ3v) is 7.06. The SMILES string of the molecule is COC(=O)[C@@H](C)NC(=O)[C@@H](C)NC(=O)[C@H](CCCCNC(=O)C(F)(F)F)NC(=O)CC[C@@H]([NH3+])C(N)=O.Cc1ccc(S(=O)(=O)[O-])cc1. The number of halogens is 3. The number of esters is 1. The fraction of sp³-hybridized carbons (Fsp3) is 0.556. The maximum Gasteiger partial charge on any atom is 0.471 e. The monoisotopic (exact) mass is 698 g/mol. The lowest BCUT2D eigenvalue weighted by atomic mass is 10.1. The topological polar surface area (TPSA) is 271 Å². The van der Waals surface area contributed by atoms with Crippen LogP contribution in [0.15, 0.2) is 29.2 Å². The molecule has 1 aromatic rings. The Hall–Kier alpha value is -4.30.